The molecule has 1 amide bonds. The van der Waals surface area contributed by atoms with Crippen molar-refractivity contribution in [3.05, 3.63) is 35.4 Å². The Balaban J connectivity index is 2.15. The summed E-state index contributed by atoms with van der Waals surface area (Å²) in [6, 6.07) is 6.27. The van der Waals surface area contributed by atoms with Gasteiger partial charge in [-0.05, 0) is 70.4 Å². The largest absolute Gasteiger partial charge is 0.464 e. The average molecular weight is 532 g/mol. The quantitative estimate of drug-likeness (QED) is 0.468. The van der Waals surface area contributed by atoms with Gasteiger partial charge in [-0.15, -0.1) is 0 Å². The lowest BCUT2D eigenvalue weighted by atomic mass is 9.73. The Morgan fingerprint density at radius 1 is 1.05 bits per heavy atom. The smallest absolute Gasteiger partial charge is 0.332 e. The van der Waals surface area contributed by atoms with Gasteiger partial charge in [0.2, 0.25) is 0 Å². The fourth-order valence-electron chi connectivity index (χ4n) is 5.69. The Labute approximate surface area is 227 Å². The minimum Gasteiger partial charge on any atom is -0.464 e. The second-order valence-electron chi connectivity index (χ2n) is 12.4. The summed E-state index contributed by atoms with van der Waals surface area (Å²) in [5.41, 5.74) is 0.692. The van der Waals surface area contributed by atoms with Crippen molar-refractivity contribution in [3.63, 3.8) is 0 Å². The molecular weight excluding hydrogens is 486 g/mol. The van der Waals surface area contributed by atoms with Crippen molar-refractivity contribution in [2.24, 2.45) is 11.3 Å². The molecule has 212 valence electrons. The fraction of sp³-hybridized carbons (Fsp3) is 0.700. The Hall–Kier alpha value is -2.45. The summed E-state index contributed by atoms with van der Waals surface area (Å²) in [5, 5.41) is 0. The summed E-state index contributed by atoms with van der Waals surface area (Å²) in [6.07, 6.45) is 1.07. The molecule has 8 nitrogen and oxygen atoms in total. The van der Waals surface area contributed by atoms with Crippen LogP contribution in [0.25, 0.3) is 0 Å². The molecule has 8 heteroatoms. The van der Waals surface area contributed by atoms with Gasteiger partial charge in [-0.25, -0.2) is 9.59 Å². The Kier molecular flexibility index (Phi) is 9.63. The molecule has 0 spiro atoms. The second-order valence-corrected chi connectivity index (χ2v) is 12.4. The lowest BCUT2D eigenvalue weighted by molar-refractivity contribution is -0.164. The molecule has 0 unspecified atom stereocenters. The monoisotopic (exact) mass is 531 g/mol. The summed E-state index contributed by atoms with van der Waals surface area (Å²) >= 11 is 0. The van der Waals surface area contributed by atoms with Gasteiger partial charge in [-0.3, -0.25) is 4.79 Å². The molecule has 2 heterocycles. The van der Waals surface area contributed by atoms with E-state index in [1.54, 1.807) is 32.6 Å². The van der Waals surface area contributed by atoms with Crippen LogP contribution in [-0.2, 0) is 33.3 Å². The maximum absolute atomic E-state index is 14.2. The number of nitrogens with zero attached hydrogens (tertiary/aromatic N) is 1. The van der Waals surface area contributed by atoms with E-state index < -0.39 is 53.2 Å². The van der Waals surface area contributed by atoms with Crippen LogP contribution in [0.1, 0.15) is 84.9 Å². The van der Waals surface area contributed by atoms with Crippen molar-refractivity contribution in [3.8, 4) is 0 Å². The highest BCUT2D eigenvalue weighted by Gasteiger charge is 2.60. The summed E-state index contributed by atoms with van der Waals surface area (Å²) in [4.78, 5) is 42.2. The standard InChI is InChI=1S/C30H45NO7/c1-9-35-28(34)25-23(29(3,4)5)26(37-18-22(32)38-30(6,7)8)24(20-15-11-10-14-19(20)2)31(25)27(33)21-16-12-13-17-36-21/h10-11,14-15,21,23-26H,9,12-13,16-18H2,1-8H3/t21-,23-,24-,25-,26-/m0/s1. The van der Waals surface area contributed by atoms with E-state index in [-0.39, 0.29) is 19.1 Å². The number of ether oxygens (including phenoxy) is 4. The van der Waals surface area contributed by atoms with E-state index in [1.165, 1.54) is 0 Å². The summed E-state index contributed by atoms with van der Waals surface area (Å²) in [5.74, 6) is -1.67. The molecule has 0 N–H and O–H groups in total. The molecule has 2 aliphatic rings. The maximum Gasteiger partial charge on any atom is 0.332 e. The summed E-state index contributed by atoms with van der Waals surface area (Å²) < 4.78 is 23.3. The number of likely N-dealkylation sites (tertiary alicyclic amines) is 1. The molecule has 0 aromatic heterocycles. The van der Waals surface area contributed by atoms with E-state index in [4.69, 9.17) is 18.9 Å². The van der Waals surface area contributed by atoms with Gasteiger partial charge >= 0.3 is 11.9 Å². The van der Waals surface area contributed by atoms with Gasteiger partial charge in [0, 0.05) is 12.5 Å². The van der Waals surface area contributed by atoms with E-state index in [9.17, 15) is 14.4 Å². The molecule has 0 bridgehead atoms. The molecule has 5 atom stereocenters. The molecule has 2 aliphatic heterocycles. The minimum atomic E-state index is -0.902. The van der Waals surface area contributed by atoms with Crippen molar-refractivity contribution < 1.29 is 33.3 Å². The third kappa shape index (κ3) is 6.94. The van der Waals surface area contributed by atoms with Crippen molar-refractivity contribution >= 4 is 17.8 Å². The number of rotatable bonds is 7. The van der Waals surface area contributed by atoms with Gasteiger partial charge in [-0.2, -0.15) is 0 Å². The first kappa shape index (κ1) is 30.1. The topological polar surface area (TPSA) is 91.4 Å². The molecule has 3 rings (SSSR count). The van der Waals surface area contributed by atoms with Crippen LogP contribution in [0.3, 0.4) is 0 Å². The molecule has 0 saturated carbocycles. The van der Waals surface area contributed by atoms with Gasteiger partial charge in [0.15, 0.2) is 0 Å². The Morgan fingerprint density at radius 2 is 1.74 bits per heavy atom. The summed E-state index contributed by atoms with van der Waals surface area (Å²) in [6.45, 7) is 15.6. The maximum atomic E-state index is 14.2. The predicted molar refractivity (Wildman–Crippen MR) is 143 cm³/mol. The number of carbonyl (C=O) groups excluding carboxylic acids is 3. The molecule has 2 fully saturated rings. The average Bonchev–Trinajstić information content (AvgIpc) is 3.18. The normalized spacial score (nSPS) is 26.2. The van der Waals surface area contributed by atoms with E-state index in [1.807, 2.05) is 52.0 Å². The van der Waals surface area contributed by atoms with Gasteiger partial charge in [0.1, 0.15) is 24.4 Å². The zero-order valence-electron chi connectivity index (χ0n) is 24.2. The van der Waals surface area contributed by atoms with Crippen LogP contribution in [0, 0.1) is 18.3 Å². The SMILES string of the molecule is CCOC(=O)[C@@H]1[C@H](C(C)(C)C)[C@H](OCC(=O)OC(C)(C)C)[C@H](c2ccccc2C)N1C(=O)[C@@H]1CCCCO1. The van der Waals surface area contributed by atoms with E-state index in [0.717, 1.165) is 24.0 Å². The molecule has 1 aromatic carbocycles. The first-order valence-corrected chi connectivity index (χ1v) is 13.8. The molecule has 1 aromatic rings. The zero-order valence-corrected chi connectivity index (χ0v) is 24.2. The van der Waals surface area contributed by atoms with Crippen molar-refractivity contribution in [1.29, 1.82) is 0 Å². The molecule has 0 radical (unpaired) electrons. The Bertz CT molecular complexity index is 987. The molecule has 2 saturated heterocycles. The van der Waals surface area contributed by atoms with Gasteiger partial charge in [-0.1, -0.05) is 45.0 Å². The van der Waals surface area contributed by atoms with Crippen LogP contribution < -0.4 is 0 Å². The Morgan fingerprint density at radius 3 is 2.29 bits per heavy atom. The van der Waals surface area contributed by atoms with E-state index in [2.05, 4.69) is 0 Å². The highest BCUT2D eigenvalue weighted by Crippen LogP contribution is 2.50. The van der Waals surface area contributed by atoms with E-state index in [0.29, 0.717) is 13.0 Å². The first-order valence-electron chi connectivity index (χ1n) is 13.8. The fourth-order valence-corrected chi connectivity index (χ4v) is 5.69. The van der Waals surface area contributed by atoms with Crippen molar-refractivity contribution in [2.45, 2.75) is 105 Å². The van der Waals surface area contributed by atoms with E-state index >= 15 is 0 Å². The van der Waals surface area contributed by atoms with Crippen molar-refractivity contribution in [2.75, 3.05) is 19.8 Å². The molecule has 38 heavy (non-hydrogen) atoms. The lowest BCUT2D eigenvalue weighted by Gasteiger charge is -2.36. The highest BCUT2D eigenvalue weighted by atomic mass is 16.6. The highest BCUT2D eigenvalue weighted by molar-refractivity contribution is 5.89. The number of hydrogen-bond acceptors (Lipinski definition) is 7. The number of aryl methyl sites for hydroxylation is 1. The van der Waals surface area contributed by atoms with Crippen LogP contribution in [0.15, 0.2) is 24.3 Å². The number of hydrogen-bond donors (Lipinski definition) is 0. The van der Waals surface area contributed by atoms with Gasteiger partial charge in [0.25, 0.3) is 5.91 Å². The van der Waals surface area contributed by atoms with Gasteiger partial charge < -0.3 is 23.8 Å². The lowest BCUT2D eigenvalue weighted by Crippen LogP contribution is -2.51. The number of amides is 1. The molecule has 0 aliphatic carbocycles. The minimum absolute atomic E-state index is 0.187. The third-order valence-corrected chi connectivity index (χ3v) is 7.16. The first-order chi connectivity index (χ1) is 17.8. The third-order valence-electron chi connectivity index (χ3n) is 7.16. The van der Waals surface area contributed by atoms with Crippen molar-refractivity contribution in [1.82, 2.24) is 4.90 Å². The number of carbonyl (C=O) groups is 3. The zero-order chi connectivity index (χ0) is 28.3. The molecular formula is C30H45NO7. The second kappa shape index (κ2) is 12.2. The summed E-state index contributed by atoms with van der Waals surface area (Å²) in [7, 11) is 0. The van der Waals surface area contributed by atoms with Crippen LogP contribution in [-0.4, -0.2) is 66.4 Å². The van der Waals surface area contributed by atoms with Crippen LogP contribution in [0.2, 0.25) is 0 Å². The van der Waals surface area contributed by atoms with Gasteiger partial charge in [0.05, 0.1) is 18.8 Å². The van der Waals surface area contributed by atoms with Crippen LogP contribution in [0.5, 0.6) is 0 Å². The number of esters is 2. The van der Waals surface area contributed by atoms with Crippen LogP contribution >= 0.6 is 0 Å². The number of benzene rings is 1. The van der Waals surface area contributed by atoms with Crippen LogP contribution in [0.4, 0.5) is 0 Å². The predicted octanol–water partition coefficient (Wildman–Crippen LogP) is 4.77.